The van der Waals surface area contributed by atoms with Crippen LogP contribution in [0.15, 0.2) is 49.1 Å². The van der Waals surface area contributed by atoms with Gasteiger partial charge in [0.25, 0.3) is 0 Å². The molecule has 0 saturated heterocycles. The van der Waals surface area contributed by atoms with E-state index in [1.807, 2.05) is 45.1 Å². The molecule has 0 aromatic rings. The van der Waals surface area contributed by atoms with Crippen LogP contribution in [0.5, 0.6) is 0 Å². The summed E-state index contributed by atoms with van der Waals surface area (Å²) in [5.41, 5.74) is 1.25. The highest BCUT2D eigenvalue weighted by Gasteiger charge is 1.89. The minimum atomic E-state index is 0.893. The minimum absolute atomic E-state index is 0.893. The Hall–Kier alpha value is -1.08. The van der Waals surface area contributed by atoms with E-state index in [-0.39, 0.29) is 0 Å². The second-order valence-electron chi connectivity index (χ2n) is 2.73. The van der Waals surface area contributed by atoms with E-state index in [1.165, 1.54) is 5.57 Å². The summed E-state index contributed by atoms with van der Waals surface area (Å²) >= 11 is 0. The predicted octanol–water partition coefficient (Wildman–Crippen LogP) is 3.87. The minimum Gasteiger partial charge on any atom is -0.312 e. The van der Waals surface area contributed by atoms with Gasteiger partial charge in [-0.3, -0.25) is 0 Å². The summed E-state index contributed by atoms with van der Waals surface area (Å²) in [6.07, 6.45) is 10.9. The average Bonchev–Trinajstić information content (AvgIpc) is 2.28. The van der Waals surface area contributed by atoms with E-state index >= 15 is 0 Å². The molecule has 15 heavy (non-hydrogen) atoms. The lowest BCUT2D eigenvalue weighted by molar-refractivity contribution is 0.746. The van der Waals surface area contributed by atoms with Gasteiger partial charge in [0.05, 0.1) is 0 Å². The standard InChI is InChI=1S/C12H19N.C2H6/c1-4-7-10-13-11-12(8-5-2)9-6-3;1-2/h4-6,8-9,13H,1-2,7,10-11H2,3H3;1-2H3/b9-6-,12-8+;. The van der Waals surface area contributed by atoms with Crippen molar-refractivity contribution in [1.82, 2.24) is 5.32 Å². The third-order valence-electron chi connectivity index (χ3n) is 1.57. The fourth-order valence-corrected chi connectivity index (χ4v) is 0.976. The van der Waals surface area contributed by atoms with Crippen LogP contribution in [0.3, 0.4) is 0 Å². The summed E-state index contributed by atoms with van der Waals surface area (Å²) in [4.78, 5) is 0. The summed E-state index contributed by atoms with van der Waals surface area (Å²) in [6, 6.07) is 0. The zero-order chi connectivity index (χ0) is 11.9. The van der Waals surface area contributed by atoms with Crippen molar-refractivity contribution in [2.24, 2.45) is 0 Å². The van der Waals surface area contributed by atoms with E-state index in [0.717, 1.165) is 19.5 Å². The lowest BCUT2D eigenvalue weighted by Gasteiger charge is -2.02. The monoisotopic (exact) mass is 207 g/mol. The van der Waals surface area contributed by atoms with Gasteiger partial charge in [-0.1, -0.05) is 50.8 Å². The zero-order valence-electron chi connectivity index (χ0n) is 10.4. The molecule has 0 aromatic carbocycles. The molecule has 0 unspecified atom stereocenters. The van der Waals surface area contributed by atoms with Crippen molar-refractivity contribution < 1.29 is 0 Å². The Labute approximate surface area is 95.3 Å². The van der Waals surface area contributed by atoms with Crippen molar-refractivity contribution in [1.29, 1.82) is 0 Å². The fraction of sp³-hybridized carbons (Fsp3) is 0.429. The first-order valence-corrected chi connectivity index (χ1v) is 5.61. The Bertz CT molecular complexity index is 199. The van der Waals surface area contributed by atoms with Crippen molar-refractivity contribution in [2.45, 2.75) is 27.2 Å². The molecule has 0 spiro atoms. The van der Waals surface area contributed by atoms with Gasteiger partial charge in [0.2, 0.25) is 0 Å². The van der Waals surface area contributed by atoms with Crippen LogP contribution in [0, 0.1) is 0 Å². The molecule has 0 fully saturated rings. The smallest absolute Gasteiger partial charge is 0.0205 e. The molecule has 0 heterocycles. The van der Waals surface area contributed by atoms with Crippen molar-refractivity contribution in [3.63, 3.8) is 0 Å². The van der Waals surface area contributed by atoms with Gasteiger partial charge in [-0.25, -0.2) is 0 Å². The largest absolute Gasteiger partial charge is 0.312 e. The van der Waals surface area contributed by atoms with E-state index in [9.17, 15) is 0 Å². The molecule has 0 aliphatic heterocycles. The SMILES string of the molecule is C=C/C=C(\C=C/C)CNCCC=C.CC. The van der Waals surface area contributed by atoms with Crippen LogP contribution in [0.2, 0.25) is 0 Å². The van der Waals surface area contributed by atoms with E-state index in [4.69, 9.17) is 0 Å². The lowest BCUT2D eigenvalue weighted by atomic mass is 10.2. The van der Waals surface area contributed by atoms with Crippen LogP contribution in [-0.4, -0.2) is 13.1 Å². The number of allylic oxidation sites excluding steroid dienone is 3. The van der Waals surface area contributed by atoms with Gasteiger partial charge in [0.1, 0.15) is 0 Å². The number of nitrogens with one attached hydrogen (secondary N) is 1. The van der Waals surface area contributed by atoms with Crippen LogP contribution >= 0.6 is 0 Å². The summed E-state index contributed by atoms with van der Waals surface area (Å²) in [5.74, 6) is 0. The van der Waals surface area contributed by atoms with Crippen molar-refractivity contribution in [3.8, 4) is 0 Å². The second-order valence-corrected chi connectivity index (χ2v) is 2.73. The molecular formula is C14H25N. The number of hydrogen-bond donors (Lipinski definition) is 1. The Kier molecular flexibility index (Phi) is 16.8. The van der Waals surface area contributed by atoms with Crippen LogP contribution in [-0.2, 0) is 0 Å². The summed E-state index contributed by atoms with van der Waals surface area (Å²) < 4.78 is 0. The first-order chi connectivity index (χ1) is 7.35. The molecule has 1 N–H and O–H groups in total. The summed E-state index contributed by atoms with van der Waals surface area (Å²) in [6.45, 7) is 15.2. The van der Waals surface area contributed by atoms with Crippen LogP contribution in [0.25, 0.3) is 0 Å². The molecule has 0 aromatic heterocycles. The van der Waals surface area contributed by atoms with Crippen LogP contribution in [0.1, 0.15) is 27.2 Å². The fourth-order valence-electron chi connectivity index (χ4n) is 0.976. The lowest BCUT2D eigenvalue weighted by Crippen LogP contribution is -2.17. The molecule has 0 saturated carbocycles. The number of hydrogen-bond acceptors (Lipinski definition) is 1. The molecule has 0 atom stereocenters. The Balaban J connectivity index is 0. The van der Waals surface area contributed by atoms with Crippen LogP contribution in [0.4, 0.5) is 0 Å². The summed E-state index contributed by atoms with van der Waals surface area (Å²) in [5, 5.41) is 3.32. The van der Waals surface area contributed by atoms with Crippen molar-refractivity contribution >= 4 is 0 Å². The van der Waals surface area contributed by atoms with Gasteiger partial charge >= 0.3 is 0 Å². The molecular weight excluding hydrogens is 182 g/mol. The Morgan fingerprint density at radius 2 is 1.93 bits per heavy atom. The molecule has 0 aliphatic carbocycles. The van der Waals surface area contributed by atoms with Crippen LogP contribution < -0.4 is 5.32 Å². The highest BCUT2D eigenvalue weighted by Crippen LogP contribution is 1.95. The first-order valence-electron chi connectivity index (χ1n) is 5.61. The van der Waals surface area contributed by atoms with Gasteiger partial charge in [-0.15, -0.1) is 6.58 Å². The van der Waals surface area contributed by atoms with Crippen molar-refractivity contribution in [2.75, 3.05) is 13.1 Å². The maximum Gasteiger partial charge on any atom is 0.0205 e. The number of rotatable bonds is 7. The normalized spacial score (nSPS) is 10.7. The molecule has 1 nitrogen and oxygen atoms in total. The topological polar surface area (TPSA) is 12.0 Å². The molecule has 0 amide bonds. The third kappa shape index (κ3) is 12.9. The molecule has 0 aliphatic rings. The van der Waals surface area contributed by atoms with E-state index in [2.05, 4.69) is 24.6 Å². The first kappa shape index (κ1) is 16.4. The van der Waals surface area contributed by atoms with Gasteiger partial charge in [-0.2, -0.15) is 0 Å². The van der Waals surface area contributed by atoms with Crippen molar-refractivity contribution in [3.05, 3.63) is 49.1 Å². The molecule has 1 heteroatoms. The third-order valence-corrected chi connectivity index (χ3v) is 1.57. The van der Waals surface area contributed by atoms with Gasteiger partial charge in [-0.05, 0) is 25.5 Å². The van der Waals surface area contributed by atoms with E-state index in [1.54, 1.807) is 0 Å². The van der Waals surface area contributed by atoms with Gasteiger partial charge < -0.3 is 5.32 Å². The molecule has 0 rings (SSSR count). The Morgan fingerprint density at radius 3 is 2.40 bits per heavy atom. The second kappa shape index (κ2) is 15.4. The van der Waals surface area contributed by atoms with Gasteiger partial charge in [0.15, 0.2) is 0 Å². The quantitative estimate of drug-likeness (QED) is 0.380. The molecule has 86 valence electrons. The average molecular weight is 207 g/mol. The molecule has 0 bridgehead atoms. The highest BCUT2D eigenvalue weighted by molar-refractivity contribution is 5.23. The molecule has 0 radical (unpaired) electrons. The predicted molar refractivity (Wildman–Crippen MR) is 72.1 cm³/mol. The van der Waals surface area contributed by atoms with E-state index < -0.39 is 0 Å². The Morgan fingerprint density at radius 1 is 1.27 bits per heavy atom. The van der Waals surface area contributed by atoms with Gasteiger partial charge in [0, 0.05) is 6.54 Å². The maximum absolute atomic E-state index is 3.67. The van der Waals surface area contributed by atoms with E-state index in [0.29, 0.717) is 0 Å². The summed E-state index contributed by atoms with van der Waals surface area (Å²) in [7, 11) is 0. The highest BCUT2D eigenvalue weighted by atomic mass is 14.8. The maximum atomic E-state index is 3.67. The zero-order valence-corrected chi connectivity index (χ0v) is 10.4.